The first kappa shape index (κ1) is 25.6. The van der Waals surface area contributed by atoms with Gasteiger partial charge in [-0.3, -0.25) is 4.79 Å². The van der Waals surface area contributed by atoms with Gasteiger partial charge >= 0.3 is 5.97 Å². The van der Waals surface area contributed by atoms with Crippen LogP contribution in [0.3, 0.4) is 0 Å². The van der Waals surface area contributed by atoms with E-state index >= 15 is 0 Å². The van der Waals surface area contributed by atoms with Crippen molar-refractivity contribution in [1.29, 1.82) is 0 Å². The largest absolute Gasteiger partial charge is 0.479 e. The van der Waals surface area contributed by atoms with Gasteiger partial charge in [0.25, 0.3) is 5.91 Å². The van der Waals surface area contributed by atoms with E-state index in [1.165, 1.54) is 6.21 Å². The number of carbonyl (C=O) groups is 2. The normalized spacial score (nSPS) is 11.9. The van der Waals surface area contributed by atoms with Crippen LogP contribution in [-0.4, -0.2) is 24.2 Å². The monoisotopic (exact) mass is 608 g/mol. The number of hydrazone groups is 1. The van der Waals surface area contributed by atoms with Crippen molar-refractivity contribution in [1.82, 2.24) is 5.43 Å². The molecule has 0 aliphatic rings. The van der Waals surface area contributed by atoms with Crippen LogP contribution in [0, 0.1) is 0 Å². The summed E-state index contributed by atoms with van der Waals surface area (Å²) < 4.78 is 13.1. The average molecular weight is 610 g/mol. The second kappa shape index (κ2) is 12.0. The number of hydrogen-bond acceptors (Lipinski definition) is 5. The zero-order valence-corrected chi connectivity index (χ0v) is 22.5. The maximum atomic E-state index is 12.6. The van der Waals surface area contributed by atoms with E-state index < -0.39 is 12.1 Å². The Kier molecular flexibility index (Phi) is 8.51. The fourth-order valence-corrected chi connectivity index (χ4v) is 4.25. The Morgan fingerprint density at radius 1 is 0.944 bits per heavy atom. The second-order valence-corrected chi connectivity index (χ2v) is 9.52. The van der Waals surface area contributed by atoms with Crippen LogP contribution in [0.2, 0.25) is 0 Å². The summed E-state index contributed by atoms with van der Waals surface area (Å²) in [7, 11) is 0. The number of halogens is 2. The summed E-state index contributed by atoms with van der Waals surface area (Å²) in [5.74, 6) is 0.200. The first-order valence-electron chi connectivity index (χ1n) is 11.2. The van der Waals surface area contributed by atoms with Crippen molar-refractivity contribution in [3.8, 4) is 11.5 Å². The van der Waals surface area contributed by atoms with E-state index in [4.69, 9.17) is 9.47 Å². The molecule has 0 bridgehead atoms. The maximum Gasteiger partial charge on any atom is 0.343 e. The lowest BCUT2D eigenvalue weighted by Crippen LogP contribution is -2.35. The Bertz CT molecular complexity index is 1400. The molecule has 6 nitrogen and oxygen atoms in total. The first-order chi connectivity index (χ1) is 17.4. The van der Waals surface area contributed by atoms with Crippen molar-refractivity contribution in [3.63, 3.8) is 0 Å². The summed E-state index contributed by atoms with van der Waals surface area (Å²) in [5.41, 5.74) is 3.71. The molecule has 1 atom stereocenters. The van der Waals surface area contributed by atoms with Gasteiger partial charge < -0.3 is 9.47 Å². The molecule has 0 heterocycles. The molecular weight excluding hydrogens is 588 g/mol. The molecule has 0 saturated carbocycles. The molecule has 0 radical (unpaired) electrons. The fourth-order valence-electron chi connectivity index (χ4n) is 3.40. The molecule has 4 aromatic carbocycles. The summed E-state index contributed by atoms with van der Waals surface area (Å²) >= 11 is 6.93. The minimum absolute atomic E-state index is 0.353. The number of benzene rings is 4. The van der Waals surface area contributed by atoms with Crippen LogP contribution < -0.4 is 14.9 Å². The molecule has 0 aliphatic heterocycles. The number of nitrogens with one attached hydrogen (secondary N) is 1. The van der Waals surface area contributed by atoms with Gasteiger partial charge in [0.1, 0.15) is 11.5 Å². The van der Waals surface area contributed by atoms with Gasteiger partial charge in [0, 0.05) is 4.47 Å². The number of ether oxygens (including phenoxy) is 2. The average Bonchev–Trinajstić information content (AvgIpc) is 2.90. The van der Waals surface area contributed by atoms with E-state index in [-0.39, 0.29) is 5.91 Å². The Labute approximate surface area is 225 Å². The molecule has 4 aromatic rings. The van der Waals surface area contributed by atoms with Gasteiger partial charge in [-0.05, 0) is 93.3 Å². The molecule has 1 unspecified atom stereocenters. The van der Waals surface area contributed by atoms with E-state index in [9.17, 15) is 9.59 Å². The lowest BCUT2D eigenvalue weighted by Gasteiger charge is -2.17. The number of fused-ring (bicyclic) bond motifs is 1. The minimum Gasteiger partial charge on any atom is -0.479 e. The number of amides is 1. The molecule has 0 fully saturated rings. The highest BCUT2D eigenvalue weighted by molar-refractivity contribution is 9.11. The predicted molar refractivity (Wildman–Crippen MR) is 148 cm³/mol. The van der Waals surface area contributed by atoms with Gasteiger partial charge in [0.2, 0.25) is 0 Å². The molecule has 36 heavy (non-hydrogen) atoms. The molecule has 4 rings (SSSR count). The van der Waals surface area contributed by atoms with Crippen LogP contribution in [0.1, 0.15) is 29.3 Å². The van der Waals surface area contributed by atoms with Crippen LogP contribution >= 0.6 is 31.9 Å². The van der Waals surface area contributed by atoms with Crippen molar-refractivity contribution >= 4 is 60.7 Å². The van der Waals surface area contributed by atoms with Gasteiger partial charge in [-0.2, -0.15) is 5.10 Å². The smallest absolute Gasteiger partial charge is 0.343 e. The third kappa shape index (κ3) is 6.38. The molecule has 182 valence electrons. The third-order valence-electron chi connectivity index (χ3n) is 5.32. The summed E-state index contributed by atoms with van der Waals surface area (Å²) in [5, 5.41) is 6.13. The molecule has 0 aromatic heterocycles. The molecule has 1 N–H and O–H groups in total. The third-order valence-corrected chi connectivity index (χ3v) is 6.67. The number of esters is 1. The second-order valence-electron chi connectivity index (χ2n) is 7.81. The zero-order valence-electron chi connectivity index (χ0n) is 19.3. The lowest BCUT2D eigenvalue weighted by atomic mass is 10.1. The Balaban J connectivity index is 1.33. The number of rotatable bonds is 8. The minimum atomic E-state index is -0.708. The van der Waals surface area contributed by atoms with E-state index in [2.05, 4.69) is 42.4 Å². The van der Waals surface area contributed by atoms with Crippen LogP contribution in [-0.2, 0) is 4.79 Å². The number of hydrogen-bond donors (Lipinski definition) is 1. The van der Waals surface area contributed by atoms with E-state index in [0.29, 0.717) is 23.5 Å². The summed E-state index contributed by atoms with van der Waals surface area (Å²) in [6, 6.07) is 25.4. The maximum absolute atomic E-state index is 12.6. The van der Waals surface area contributed by atoms with Crippen molar-refractivity contribution in [3.05, 3.63) is 105 Å². The summed E-state index contributed by atoms with van der Waals surface area (Å²) in [6.07, 6.45) is 1.27. The van der Waals surface area contributed by atoms with E-state index in [0.717, 1.165) is 25.3 Å². The molecule has 1 amide bonds. The standard InChI is InChI=1S/C28H22Br2N2O4/c1-2-24(36-25-16-11-19-5-3-4-6-23(19)26(25)30)27(33)32-31-17-18-7-14-22(15-8-18)35-28(34)20-9-12-21(29)13-10-20/h3-17,24H,2H2,1H3,(H,32,33). The molecule has 0 saturated heterocycles. The molecular formula is C28H22Br2N2O4. The number of carbonyl (C=O) groups excluding carboxylic acids is 2. The number of nitrogens with zero attached hydrogens (tertiary/aromatic N) is 1. The van der Waals surface area contributed by atoms with Crippen molar-refractivity contribution in [2.24, 2.45) is 5.10 Å². The predicted octanol–water partition coefficient (Wildman–Crippen LogP) is 6.89. The van der Waals surface area contributed by atoms with Crippen molar-refractivity contribution in [2.75, 3.05) is 0 Å². The van der Waals surface area contributed by atoms with Crippen LogP contribution in [0.25, 0.3) is 10.8 Å². The van der Waals surface area contributed by atoms with Crippen LogP contribution in [0.5, 0.6) is 11.5 Å². The Morgan fingerprint density at radius 2 is 1.67 bits per heavy atom. The van der Waals surface area contributed by atoms with Gasteiger partial charge in [-0.1, -0.05) is 53.2 Å². The van der Waals surface area contributed by atoms with Gasteiger partial charge in [-0.25, -0.2) is 10.2 Å². The van der Waals surface area contributed by atoms with Crippen molar-refractivity contribution in [2.45, 2.75) is 19.4 Å². The van der Waals surface area contributed by atoms with E-state index in [1.807, 2.05) is 43.3 Å². The molecule has 0 spiro atoms. The highest BCUT2D eigenvalue weighted by atomic mass is 79.9. The highest BCUT2D eigenvalue weighted by Gasteiger charge is 2.19. The Morgan fingerprint density at radius 3 is 2.39 bits per heavy atom. The van der Waals surface area contributed by atoms with E-state index in [1.54, 1.807) is 48.5 Å². The van der Waals surface area contributed by atoms with Crippen molar-refractivity contribution < 1.29 is 19.1 Å². The quantitative estimate of drug-likeness (QED) is 0.102. The highest BCUT2D eigenvalue weighted by Crippen LogP contribution is 2.33. The van der Waals surface area contributed by atoms with Crippen LogP contribution in [0.15, 0.2) is 99.0 Å². The lowest BCUT2D eigenvalue weighted by molar-refractivity contribution is -0.128. The summed E-state index contributed by atoms with van der Waals surface area (Å²) in [6.45, 7) is 1.87. The zero-order chi connectivity index (χ0) is 25.5. The molecule has 8 heteroatoms. The SMILES string of the molecule is CCC(Oc1ccc2ccccc2c1Br)C(=O)NN=Cc1ccc(OC(=O)c2ccc(Br)cc2)cc1. The fraction of sp³-hybridized carbons (Fsp3) is 0.107. The van der Waals surface area contributed by atoms with Crippen LogP contribution in [0.4, 0.5) is 0 Å². The van der Waals surface area contributed by atoms with Gasteiger partial charge in [0.05, 0.1) is 16.3 Å². The summed E-state index contributed by atoms with van der Waals surface area (Å²) in [4.78, 5) is 24.9. The first-order valence-corrected chi connectivity index (χ1v) is 12.8. The van der Waals surface area contributed by atoms with Gasteiger partial charge in [0.15, 0.2) is 6.10 Å². The van der Waals surface area contributed by atoms with Gasteiger partial charge in [-0.15, -0.1) is 0 Å². The topological polar surface area (TPSA) is 77.0 Å². The Hall–Kier alpha value is -3.49. The molecule has 0 aliphatic carbocycles.